The average molecular weight is 292 g/mol. The number of nitrogens with zero attached hydrogens (tertiary/aromatic N) is 1. The number of rotatable bonds is 8. The van der Waals surface area contributed by atoms with E-state index in [0.29, 0.717) is 12.1 Å². The predicted octanol–water partition coefficient (Wildman–Crippen LogP) is 3.59. The monoisotopic (exact) mass is 292 g/mol. The molecule has 5 nitrogen and oxygen atoms in total. The number of benzene rings is 1. The van der Waals surface area contributed by atoms with E-state index in [1.54, 1.807) is 18.2 Å². The van der Waals surface area contributed by atoms with E-state index >= 15 is 0 Å². The first kappa shape index (κ1) is 15.9. The minimum absolute atomic E-state index is 0.163. The normalized spacial score (nSPS) is 22.6. The van der Waals surface area contributed by atoms with E-state index in [1.165, 1.54) is 0 Å². The van der Waals surface area contributed by atoms with Gasteiger partial charge in [0.05, 0.1) is 11.0 Å². The summed E-state index contributed by atoms with van der Waals surface area (Å²) >= 11 is 0. The fraction of sp³-hybridized carbons (Fsp3) is 0.625. The van der Waals surface area contributed by atoms with E-state index in [-0.39, 0.29) is 16.7 Å². The van der Waals surface area contributed by atoms with Crippen molar-refractivity contribution in [3.63, 3.8) is 0 Å². The summed E-state index contributed by atoms with van der Waals surface area (Å²) in [6.07, 6.45) is 4.46. The van der Waals surface area contributed by atoms with Crippen LogP contribution in [0, 0.1) is 10.1 Å². The molecular weight excluding hydrogens is 268 g/mol. The Morgan fingerprint density at radius 2 is 2.19 bits per heavy atom. The second kappa shape index (κ2) is 7.52. The molecule has 1 aliphatic carbocycles. The van der Waals surface area contributed by atoms with Gasteiger partial charge in [-0.3, -0.25) is 10.1 Å². The summed E-state index contributed by atoms with van der Waals surface area (Å²) < 4.78 is 5.58. The number of hydrogen-bond acceptors (Lipinski definition) is 4. The van der Waals surface area contributed by atoms with Gasteiger partial charge >= 0.3 is 0 Å². The van der Waals surface area contributed by atoms with Gasteiger partial charge in [-0.25, -0.2) is 0 Å². The number of hydrogen-bond donors (Lipinski definition) is 1. The van der Waals surface area contributed by atoms with E-state index in [0.717, 1.165) is 37.9 Å². The Kier molecular flexibility index (Phi) is 5.70. The second-order valence-corrected chi connectivity index (χ2v) is 5.61. The standard InChI is InChI=1S/C16H24N2O3/c1-3-6-16(17-13-10-15(11-13)21-4-2)12-7-5-8-14(9-12)18(19)20/h5,7-9,13,15-17H,3-4,6,10-11H2,1-2H3. The van der Waals surface area contributed by atoms with Crippen LogP contribution in [-0.2, 0) is 4.74 Å². The van der Waals surface area contributed by atoms with Crippen LogP contribution in [0.25, 0.3) is 0 Å². The molecule has 1 unspecified atom stereocenters. The van der Waals surface area contributed by atoms with Gasteiger partial charge in [-0.15, -0.1) is 0 Å². The molecule has 0 bridgehead atoms. The zero-order valence-corrected chi connectivity index (χ0v) is 12.7. The molecule has 0 radical (unpaired) electrons. The molecule has 1 aromatic carbocycles. The van der Waals surface area contributed by atoms with Crippen molar-refractivity contribution in [1.29, 1.82) is 0 Å². The van der Waals surface area contributed by atoms with Gasteiger partial charge in [0.15, 0.2) is 0 Å². The van der Waals surface area contributed by atoms with Gasteiger partial charge in [0.1, 0.15) is 0 Å². The van der Waals surface area contributed by atoms with Crippen LogP contribution < -0.4 is 5.32 Å². The van der Waals surface area contributed by atoms with Crippen molar-refractivity contribution in [2.24, 2.45) is 0 Å². The van der Waals surface area contributed by atoms with Gasteiger partial charge in [0.25, 0.3) is 5.69 Å². The second-order valence-electron chi connectivity index (χ2n) is 5.61. The fourth-order valence-electron chi connectivity index (χ4n) is 2.85. The predicted molar refractivity (Wildman–Crippen MR) is 82.3 cm³/mol. The highest BCUT2D eigenvalue weighted by Crippen LogP contribution is 2.29. The number of non-ortho nitro benzene ring substituents is 1. The molecule has 1 N–H and O–H groups in total. The molecule has 0 aromatic heterocycles. The van der Waals surface area contributed by atoms with Crippen LogP contribution in [0.15, 0.2) is 24.3 Å². The highest BCUT2D eigenvalue weighted by atomic mass is 16.6. The Labute approximate surface area is 125 Å². The third-order valence-corrected chi connectivity index (χ3v) is 3.99. The molecule has 1 aliphatic rings. The third kappa shape index (κ3) is 4.25. The third-order valence-electron chi connectivity index (χ3n) is 3.99. The van der Waals surface area contributed by atoms with Gasteiger partial charge in [-0.2, -0.15) is 0 Å². The van der Waals surface area contributed by atoms with Gasteiger partial charge in [0, 0.05) is 30.8 Å². The van der Waals surface area contributed by atoms with E-state index in [1.807, 2.05) is 13.0 Å². The zero-order valence-electron chi connectivity index (χ0n) is 12.7. The van der Waals surface area contributed by atoms with Gasteiger partial charge in [-0.05, 0) is 31.7 Å². The average Bonchev–Trinajstić information content (AvgIpc) is 2.44. The highest BCUT2D eigenvalue weighted by molar-refractivity contribution is 5.35. The van der Waals surface area contributed by atoms with Gasteiger partial charge in [-0.1, -0.05) is 25.5 Å². The molecule has 0 saturated heterocycles. The first-order valence-corrected chi connectivity index (χ1v) is 7.76. The summed E-state index contributed by atoms with van der Waals surface area (Å²) in [5.41, 5.74) is 1.17. The highest BCUT2D eigenvalue weighted by Gasteiger charge is 2.31. The summed E-state index contributed by atoms with van der Waals surface area (Å²) in [4.78, 5) is 10.6. The van der Waals surface area contributed by atoms with Gasteiger partial charge < -0.3 is 10.1 Å². The maximum Gasteiger partial charge on any atom is 0.269 e. The van der Waals surface area contributed by atoms with Crippen LogP contribution >= 0.6 is 0 Å². The smallest absolute Gasteiger partial charge is 0.269 e. The molecule has 1 saturated carbocycles. The van der Waals surface area contributed by atoms with E-state index in [9.17, 15) is 10.1 Å². The lowest BCUT2D eigenvalue weighted by Gasteiger charge is -2.38. The molecule has 5 heteroatoms. The summed E-state index contributed by atoms with van der Waals surface area (Å²) in [5.74, 6) is 0. The topological polar surface area (TPSA) is 64.4 Å². The number of nitro benzene ring substituents is 1. The van der Waals surface area contributed by atoms with Crippen molar-refractivity contribution < 1.29 is 9.66 Å². The SMILES string of the molecule is CCCC(NC1CC(OCC)C1)c1cccc([N+](=O)[O-])c1. The quantitative estimate of drug-likeness (QED) is 0.587. The summed E-state index contributed by atoms with van der Waals surface area (Å²) in [6.45, 7) is 4.92. The molecule has 0 aliphatic heterocycles. The molecule has 0 amide bonds. The molecule has 116 valence electrons. The largest absolute Gasteiger partial charge is 0.378 e. The Morgan fingerprint density at radius 3 is 2.81 bits per heavy atom. The lowest BCUT2D eigenvalue weighted by molar-refractivity contribution is -0.384. The van der Waals surface area contributed by atoms with Crippen molar-refractivity contribution in [2.45, 2.75) is 57.7 Å². The van der Waals surface area contributed by atoms with E-state index < -0.39 is 0 Å². The van der Waals surface area contributed by atoms with Crippen molar-refractivity contribution in [1.82, 2.24) is 5.32 Å². The Balaban J connectivity index is 1.99. The molecule has 21 heavy (non-hydrogen) atoms. The number of nitro groups is 1. The van der Waals surface area contributed by atoms with E-state index in [2.05, 4.69) is 12.2 Å². The molecule has 0 heterocycles. The van der Waals surface area contributed by atoms with Gasteiger partial charge in [0.2, 0.25) is 0 Å². The van der Waals surface area contributed by atoms with Crippen LogP contribution in [-0.4, -0.2) is 23.7 Å². The molecular formula is C16H24N2O3. The van der Waals surface area contributed by atoms with Crippen LogP contribution in [0.5, 0.6) is 0 Å². The molecule has 1 fully saturated rings. The van der Waals surface area contributed by atoms with Crippen molar-refractivity contribution in [2.75, 3.05) is 6.61 Å². The number of ether oxygens (including phenoxy) is 1. The minimum atomic E-state index is -0.332. The van der Waals surface area contributed by atoms with Crippen LogP contribution in [0.1, 0.15) is 51.1 Å². The number of nitrogens with one attached hydrogen (secondary N) is 1. The van der Waals surface area contributed by atoms with Crippen LogP contribution in [0.3, 0.4) is 0 Å². The van der Waals surface area contributed by atoms with Crippen molar-refractivity contribution >= 4 is 5.69 Å². The van der Waals surface area contributed by atoms with Crippen LogP contribution in [0.2, 0.25) is 0 Å². The fourth-order valence-corrected chi connectivity index (χ4v) is 2.85. The first-order valence-electron chi connectivity index (χ1n) is 7.76. The lowest BCUT2D eigenvalue weighted by Crippen LogP contribution is -2.46. The Bertz CT molecular complexity index is 472. The van der Waals surface area contributed by atoms with E-state index in [4.69, 9.17) is 4.74 Å². The Morgan fingerprint density at radius 1 is 1.43 bits per heavy atom. The van der Waals surface area contributed by atoms with Crippen molar-refractivity contribution in [3.05, 3.63) is 39.9 Å². The summed E-state index contributed by atoms with van der Waals surface area (Å²) in [5, 5.41) is 14.5. The minimum Gasteiger partial charge on any atom is -0.378 e. The maximum absolute atomic E-state index is 10.9. The van der Waals surface area contributed by atoms with Crippen LogP contribution in [0.4, 0.5) is 5.69 Å². The lowest BCUT2D eigenvalue weighted by atomic mass is 9.87. The molecule has 1 atom stereocenters. The molecule has 0 spiro atoms. The summed E-state index contributed by atoms with van der Waals surface area (Å²) in [7, 11) is 0. The zero-order chi connectivity index (χ0) is 15.2. The molecule has 2 rings (SSSR count). The summed E-state index contributed by atoms with van der Waals surface area (Å²) in [6, 6.07) is 7.60. The first-order chi connectivity index (χ1) is 10.1. The molecule has 1 aromatic rings. The Hall–Kier alpha value is -1.46. The maximum atomic E-state index is 10.9. The van der Waals surface area contributed by atoms with Crippen molar-refractivity contribution in [3.8, 4) is 0 Å².